The second kappa shape index (κ2) is 27.3. The van der Waals surface area contributed by atoms with Crippen LogP contribution in [-0.4, -0.2) is 141 Å². The van der Waals surface area contributed by atoms with Gasteiger partial charge < -0.3 is 45.5 Å². The first-order valence-corrected chi connectivity index (χ1v) is 33.2. The van der Waals surface area contributed by atoms with Crippen LogP contribution in [0.5, 0.6) is 0 Å². The number of rotatable bonds is 23. The van der Waals surface area contributed by atoms with Gasteiger partial charge in [0.25, 0.3) is 11.4 Å². The van der Waals surface area contributed by atoms with Crippen LogP contribution >= 0.6 is 7.60 Å². The molecule has 25 nitrogen and oxygen atoms in total. The summed E-state index contributed by atoms with van der Waals surface area (Å²) in [7, 11) is -6.08. The number of aryl methyl sites for hydroxylation is 1. The van der Waals surface area contributed by atoms with Gasteiger partial charge in [-0.05, 0) is 163 Å². The fourth-order valence-electron chi connectivity index (χ4n) is 12.6. The zero-order chi connectivity index (χ0) is 63.4. The Balaban J connectivity index is 0.900. The van der Waals surface area contributed by atoms with Crippen molar-refractivity contribution in [2.45, 2.75) is 158 Å². The van der Waals surface area contributed by atoms with E-state index in [1.165, 1.54) is 50.4 Å². The molecule has 4 aliphatic rings. The molecule has 1 saturated carbocycles. The van der Waals surface area contributed by atoms with Gasteiger partial charge in [-0.15, -0.1) is 0 Å². The maximum absolute atomic E-state index is 15.2. The number of carbonyl (C=O) groups is 9. The number of primary amides is 1. The highest BCUT2D eigenvalue weighted by molar-refractivity contribution is 7.92. The predicted molar refractivity (Wildman–Crippen MR) is 323 cm³/mol. The van der Waals surface area contributed by atoms with Gasteiger partial charge in [0.05, 0.1) is 34.4 Å². The van der Waals surface area contributed by atoms with Gasteiger partial charge in [0.1, 0.15) is 29.9 Å². The molecule has 472 valence electrons. The van der Waals surface area contributed by atoms with Crippen LogP contribution in [0, 0.1) is 11.8 Å². The van der Waals surface area contributed by atoms with Crippen LogP contribution in [0.1, 0.15) is 143 Å². The Hall–Kier alpha value is -7.80. The van der Waals surface area contributed by atoms with E-state index >= 15 is 4.79 Å². The number of fused-ring (bicyclic) bond motifs is 3. The molecule has 0 bridgehead atoms. The van der Waals surface area contributed by atoms with Crippen LogP contribution in [0.25, 0.3) is 21.9 Å². The average Bonchev–Trinajstić information content (AvgIpc) is 2.54. The fourth-order valence-corrected chi connectivity index (χ4v) is 15.1. The Morgan fingerprint density at radius 1 is 0.818 bits per heavy atom. The summed E-state index contributed by atoms with van der Waals surface area (Å²) in [5.41, 5.74) is 7.58. The number of imide groups is 1. The topological polar surface area (TPSA) is 347 Å². The lowest BCUT2D eigenvalue weighted by Crippen LogP contribution is -2.62. The number of amides is 8. The molecule has 1 unspecified atom stereocenters. The Morgan fingerprint density at radius 2 is 1.51 bits per heavy atom. The number of nitrogens with zero attached hydrogens (tertiary/aromatic N) is 4. The van der Waals surface area contributed by atoms with E-state index in [0.29, 0.717) is 40.3 Å². The van der Waals surface area contributed by atoms with E-state index < -0.39 is 93.9 Å². The summed E-state index contributed by atoms with van der Waals surface area (Å²) in [6.07, 6.45) is 4.80. The van der Waals surface area contributed by atoms with Crippen molar-refractivity contribution in [3.63, 3.8) is 0 Å². The number of carbonyl (C=O) groups excluding carboxylic acids is 9. The summed E-state index contributed by atoms with van der Waals surface area (Å²) in [6.45, 7) is 6.10. The first-order valence-electron chi connectivity index (χ1n) is 30.1. The normalized spacial score (nSPS) is 21.4. The smallest absolute Gasteiger partial charge is 0.370 e. The number of aromatic amines is 1. The number of nitrogens with two attached hydrogens (primary N) is 1. The predicted octanol–water partition coefficient (Wildman–Crippen LogP) is 4.58. The number of hydrogen-bond donors (Lipinski definition) is 6. The van der Waals surface area contributed by atoms with Crippen LogP contribution in [0.15, 0.2) is 76.4 Å². The van der Waals surface area contributed by atoms with E-state index in [9.17, 15) is 56.1 Å². The molecule has 3 aliphatic heterocycles. The van der Waals surface area contributed by atoms with Gasteiger partial charge in [0.15, 0.2) is 9.84 Å². The molecule has 8 amide bonds. The Kier molecular flexibility index (Phi) is 20.1. The molecule has 9 rings (SSSR count). The molecule has 5 atom stereocenters. The van der Waals surface area contributed by atoms with Gasteiger partial charge in [-0.25, -0.2) is 13.2 Å². The molecule has 0 radical (unpaired) electrons. The lowest BCUT2D eigenvalue weighted by molar-refractivity contribution is -0.146. The number of hydrogen-bond acceptors (Lipinski definition) is 15. The molecule has 3 aromatic carbocycles. The minimum atomic E-state index is -4.19. The molecule has 5 aromatic rings. The van der Waals surface area contributed by atoms with E-state index in [0.717, 1.165) is 37.7 Å². The molecule has 27 heteroatoms. The van der Waals surface area contributed by atoms with E-state index in [1.54, 1.807) is 51.8 Å². The minimum Gasteiger partial charge on any atom is -0.370 e. The number of H-pyrrole nitrogens is 1. The standard InChI is InChI=1S/C61H77N10O15PS/c1-6-85-87(82,86-7-2)60(80)40-15-19-44-41(31-40)32-46(64-44)56(76)66-47-34-69(54(74)30-37-10-8-36(9-11-37)28-39-14-21-48-51(29-39)68(5)61(81)71(48)50-23-25-53(73)67-58(50)78)27-26-42-16-22-49(70(42)59(47)79)57(77)65-45(20-24-52(62)72)55(75)63-33-38-12-17-43(18-13-38)88(83,84)35(3)4/h12-15,17-19,21,29,31-32,35-37,42,45,47,49-50,64H,6-11,16,20,22-28,30,33-34H2,1-5H3,(H2,62,72)(H,63,75)(H,65,77)(H,66,76)(H,67,73,78)/t36-,37+,42-,45+,47+,49+,50?/m1/s1. The molecule has 88 heavy (non-hydrogen) atoms. The number of nitrogens with one attached hydrogen (secondary N) is 5. The zero-order valence-electron chi connectivity index (χ0n) is 50.0. The van der Waals surface area contributed by atoms with E-state index in [1.807, 2.05) is 18.2 Å². The van der Waals surface area contributed by atoms with Crippen LogP contribution in [0.3, 0.4) is 0 Å². The highest BCUT2D eigenvalue weighted by atomic mass is 32.2. The highest BCUT2D eigenvalue weighted by Crippen LogP contribution is 2.51. The maximum atomic E-state index is 15.2. The molecule has 1 aliphatic carbocycles. The number of aromatic nitrogens is 3. The minimum absolute atomic E-state index is 0.0106. The summed E-state index contributed by atoms with van der Waals surface area (Å²) in [6, 6.07) is 12.5. The fraction of sp³-hybridized carbons (Fsp3) is 0.508. The lowest BCUT2D eigenvalue weighted by atomic mass is 9.78. The molecule has 4 fully saturated rings. The SMILES string of the molecule is CCOP(=O)(OCC)C(=O)c1ccc2[nH]c(C(=O)N[C@H]3CN(C(=O)C[C@H]4CC[C@@H](Cc5ccc6c(c5)n(C)c(=O)n6C5CCC(=O)NC5=O)CC4)CC[C@H]4CC[C@@H](C(=O)N[C@@H](CCC(N)=O)C(=O)NCc5ccc(S(=O)(=O)C(C)C)cc5)N4C3=O)cc2c1. The zero-order valence-corrected chi connectivity index (χ0v) is 51.8. The summed E-state index contributed by atoms with van der Waals surface area (Å²) in [5.74, 6) is -4.22. The second-order valence-electron chi connectivity index (χ2n) is 23.6. The summed E-state index contributed by atoms with van der Waals surface area (Å²) < 4.78 is 52.3. The maximum Gasteiger partial charge on any atom is 0.401 e. The van der Waals surface area contributed by atoms with Crippen molar-refractivity contribution < 1.29 is 65.2 Å². The van der Waals surface area contributed by atoms with Crippen molar-refractivity contribution >= 4 is 92.2 Å². The van der Waals surface area contributed by atoms with Crippen LogP contribution < -0.4 is 32.7 Å². The summed E-state index contributed by atoms with van der Waals surface area (Å²) in [4.78, 5) is 142. The van der Waals surface area contributed by atoms with E-state index in [2.05, 4.69) is 26.3 Å². The van der Waals surface area contributed by atoms with Crippen molar-refractivity contribution in [2.75, 3.05) is 26.3 Å². The second-order valence-corrected chi connectivity index (χ2v) is 28.0. The molecule has 5 heterocycles. The van der Waals surface area contributed by atoms with Gasteiger partial charge in [-0.1, -0.05) is 18.2 Å². The number of piperidine rings is 1. The third kappa shape index (κ3) is 14.2. The Bertz CT molecular complexity index is 3760. The van der Waals surface area contributed by atoms with Crippen molar-refractivity contribution in [1.82, 2.24) is 45.2 Å². The van der Waals surface area contributed by atoms with Gasteiger partial charge in [-0.3, -0.25) is 62.2 Å². The summed E-state index contributed by atoms with van der Waals surface area (Å²) >= 11 is 0. The third-order valence-electron chi connectivity index (χ3n) is 17.4. The van der Waals surface area contributed by atoms with Crippen LogP contribution in [-0.2, 0) is 77.0 Å². The van der Waals surface area contributed by atoms with Crippen molar-refractivity contribution in [3.05, 3.63) is 99.6 Å². The highest BCUT2D eigenvalue weighted by Gasteiger charge is 2.47. The molecule has 2 aromatic heterocycles. The number of sulfone groups is 1. The van der Waals surface area contributed by atoms with Gasteiger partial charge in [-0.2, -0.15) is 0 Å². The monoisotopic (exact) mass is 1250 g/mol. The largest absolute Gasteiger partial charge is 0.401 e. The lowest BCUT2D eigenvalue weighted by Gasteiger charge is -2.39. The molecular formula is C61H77N10O15PS. The Labute approximate surface area is 509 Å². The van der Waals surface area contributed by atoms with Crippen LogP contribution in [0.4, 0.5) is 0 Å². The molecule has 7 N–H and O–H groups in total. The van der Waals surface area contributed by atoms with Crippen molar-refractivity contribution in [3.8, 4) is 0 Å². The quantitative estimate of drug-likeness (QED) is 0.0385. The van der Waals surface area contributed by atoms with E-state index in [-0.39, 0.29) is 117 Å². The first-order chi connectivity index (χ1) is 41.9. The molecule has 0 spiro atoms. The van der Waals surface area contributed by atoms with Crippen molar-refractivity contribution in [2.24, 2.45) is 24.6 Å². The molecule has 3 saturated heterocycles. The Morgan fingerprint density at radius 3 is 2.18 bits per heavy atom. The molecular weight excluding hydrogens is 1180 g/mol. The van der Waals surface area contributed by atoms with Gasteiger partial charge in [0, 0.05) is 68.5 Å². The number of imidazole rings is 1. The number of benzene rings is 3. The van der Waals surface area contributed by atoms with Crippen molar-refractivity contribution in [1.29, 1.82) is 0 Å². The van der Waals surface area contributed by atoms with Gasteiger partial charge in [0.2, 0.25) is 41.4 Å². The summed E-state index contributed by atoms with van der Waals surface area (Å²) in [5, 5.41) is 10.4. The van der Waals surface area contributed by atoms with E-state index in [4.69, 9.17) is 14.8 Å². The average molecular weight is 1250 g/mol. The third-order valence-corrected chi connectivity index (χ3v) is 21.5. The first kappa shape index (κ1) is 64.7. The van der Waals surface area contributed by atoms with Crippen LogP contribution in [0.2, 0.25) is 0 Å². The van der Waals surface area contributed by atoms with Gasteiger partial charge >= 0.3 is 13.3 Å².